The van der Waals surface area contributed by atoms with Crippen molar-refractivity contribution in [1.82, 2.24) is 9.55 Å². The quantitative estimate of drug-likeness (QED) is 0.798. The summed E-state index contributed by atoms with van der Waals surface area (Å²) in [5.41, 5.74) is 6.11. The molecule has 0 saturated heterocycles. The first-order valence-corrected chi connectivity index (χ1v) is 5.88. The fraction of sp³-hybridized carbons (Fsp3) is 0.667. The zero-order valence-corrected chi connectivity index (χ0v) is 11.0. The van der Waals surface area contributed by atoms with Crippen LogP contribution in [0.4, 0.5) is 5.82 Å². The SMILES string of the molecule is COC(=O)c1nc(C)n(CCCC(C)C)c1N. The molecule has 17 heavy (non-hydrogen) atoms. The Morgan fingerprint density at radius 1 is 1.53 bits per heavy atom. The van der Waals surface area contributed by atoms with Gasteiger partial charge in [-0.1, -0.05) is 13.8 Å². The van der Waals surface area contributed by atoms with Crippen LogP contribution in [0.15, 0.2) is 0 Å². The van der Waals surface area contributed by atoms with Crippen LogP contribution in [0, 0.1) is 12.8 Å². The lowest BCUT2D eigenvalue weighted by Crippen LogP contribution is -2.09. The minimum atomic E-state index is -0.479. The summed E-state index contributed by atoms with van der Waals surface area (Å²) in [4.78, 5) is 15.5. The summed E-state index contributed by atoms with van der Waals surface area (Å²) in [6, 6.07) is 0. The van der Waals surface area contributed by atoms with E-state index in [4.69, 9.17) is 5.73 Å². The van der Waals surface area contributed by atoms with E-state index in [-0.39, 0.29) is 5.69 Å². The summed E-state index contributed by atoms with van der Waals surface area (Å²) in [7, 11) is 1.33. The summed E-state index contributed by atoms with van der Waals surface area (Å²) in [5, 5.41) is 0. The van der Waals surface area contributed by atoms with Crippen molar-refractivity contribution in [2.75, 3.05) is 12.8 Å². The Labute approximate surface area is 102 Å². The normalized spacial score (nSPS) is 10.9. The van der Waals surface area contributed by atoms with E-state index >= 15 is 0 Å². The first-order chi connectivity index (χ1) is 7.97. The highest BCUT2D eigenvalue weighted by atomic mass is 16.5. The largest absolute Gasteiger partial charge is 0.464 e. The molecule has 0 amide bonds. The van der Waals surface area contributed by atoms with Gasteiger partial charge in [0.05, 0.1) is 7.11 Å². The number of hydrogen-bond acceptors (Lipinski definition) is 4. The lowest BCUT2D eigenvalue weighted by molar-refractivity contribution is 0.0595. The number of methoxy groups -OCH3 is 1. The molecule has 1 rings (SSSR count). The highest BCUT2D eigenvalue weighted by Gasteiger charge is 2.18. The molecule has 0 unspecified atom stereocenters. The number of nitrogens with zero attached hydrogens (tertiary/aromatic N) is 2. The Hall–Kier alpha value is -1.52. The third-order valence-corrected chi connectivity index (χ3v) is 2.74. The smallest absolute Gasteiger partial charge is 0.360 e. The molecule has 0 fully saturated rings. The maximum absolute atomic E-state index is 11.4. The molecule has 0 aromatic carbocycles. The number of carbonyl (C=O) groups excluding carboxylic acids is 1. The van der Waals surface area contributed by atoms with Crippen molar-refractivity contribution in [3.05, 3.63) is 11.5 Å². The lowest BCUT2D eigenvalue weighted by Gasteiger charge is -2.08. The van der Waals surface area contributed by atoms with Crippen LogP contribution in [0.2, 0.25) is 0 Å². The maximum Gasteiger partial charge on any atom is 0.360 e. The van der Waals surface area contributed by atoms with Crippen LogP contribution in [0.5, 0.6) is 0 Å². The molecule has 0 spiro atoms. The molecule has 5 heteroatoms. The summed E-state index contributed by atoms with van der Waals surface area (Å²) >= 11 is 0. The fourth-order valence-corrected chi connectivity index (χ4v) is 1.77. The fourth-order valence-electron chi connectivity index (χ4n) is 1.77. The van der Waals surface area contributed by atoms with E-state index in [0.717, 1.165) is 25.2 Å². The number of aryl methyl sites for hydroxylation is 1. The van der Waals surface area contributed by atoms with Crippen LogP contribution in [-0.2, 0) is 11.3 Å². The highest BCUT2D eigenvalue weighted by Crippen LogP contribution is 2.17. The molecular formula is C12H21N3O2. The van der Waals surface area contributed by atoms with Crippen LogP contribution in [0.1, 0.15) is 43.0 Å². The van der Waals surface area contributed by atoms with E-state index < -0.39 is 5.97 Å². The van der Waals surface area contributed by atoms with E-state index in [2.05, 4.69) is 23.6 Å². The number of hydrogen-bond donors (Lipinski definition) is 1. The van der Waals surface area contributed by atoms with Crippen LogP contribution in [-0.4, -0.2) is 22.6 Å². The van der Waals surface area contributed by atoms with Crippen LogP contribution in [0.3, 0.4) is 0 Å². The van der Waals surface area contributed by atoms with E-state index in [9.17, 15) is 4.79 Å². The number of esters is 1. The average molecular weight is 239 g/mol. The number of anilines is 1. The first-order valence-electron chi connectivity index (χ1n) is 5.88. The number of nitrogen functional groups attached to an aromatic ring is 1. The summed E-state index contributed by atoms with van der Waals surface area (Å²) < 4.78 is 6.50. The molecule has 96 valence electrons. The second-order valence-electron chi connectivity index (χ2n) is 4.57. The average Bonchev–Trinajstić information content (AvgIpc) is 2.55. The number of rotatable bonds is 5. The van der Waals surface area contributed by atoms with Gasteiger partial charge < -0.3 is 15.0 Å². The standard InChI is InChI=1S/C12H21N3O2/c1-8(2)6-5-7-15-9(3)14-10(11(15)13)12(16)17-4/h8H,5-7,13H2,1-4H3. The molecule has 0 aliphatic heterocycles. The Balaban J connectivity index is 2.79. The minimum Gasteiger partial charge on any atom is -0.464 e. The molecule has 0 bridgehead atoms. The third kappa shape index (κ3) is 3.22. The molecule has 0 saturated carbocycles. The summed E-state index contributed by atoms with van der Waals surface area (Å²) in [6.07, 6.45) is 2.16. The van der Waals surface area contributed by atoms with Crippen molar-refractivity contribution >= 4 is 11.8 Å². The zero-order chi connectivity index (χ0) is 13.0. The molecule has 5 nitrogen and oxygen atoms in total. The Morgan fingerprint density at radius 3 is 2.71 bits per heavy atom. The van der Waals surface area contributed by atoms with E-state index in [1.807, 2.05) is 11.5 Å². The van der Waals surface area contributed by atoms with Gasteiger partial charge in [0.2, 0.25) is 0 Å². The number of aromatic nitrogens is 2. The second-order valence-corrected chi connectivity index (χ2v) is 4.57. The van der Waals surface area contributed by atoms with E-state index in [0.29, 0.717) is 11.7 Å². The lowest BCUT2D eigenvalue weighted by atomic mass is 10.1. The predicted octanol–water partition coefficient (Wildman–Crippen LogP) is 2.00. The van der Waals surface area contributed by atoms with Crippen molar-refractivity contribution < 1.29 is 9.53 Å². The van der Waals surface area contributed by atoms with Crippen molar-refractivity contribution in [1.29, 1.82) is 0 Å². The molecule has 1 heterocycles. The molecule has 1 aromatic rings. The Kier molecular flexibility index (Phi) is 4.54. The van der Waals surface area contributed by atoms with Crippen LogP contribution < -0.4 is 5.73 Å². The third-order valence-electron chi connectivity index (χ3n) is 2.74. The molecular weight excluding hydrogens is 218 g/mol. The van der Waals surface area contributed by atoms with Gasteiger partial charge in [0.15, 0.2) is 5.69 Å². The van der Waals surface area contributed by atoms with Gasteiger partial charge >= 0.3 is 5.97 Å². The van der Waals surface area contributed by atoms with Crippen molar-refractivity contribution in [3.8, 4) is 0 Å². The molecule has 0 radical (unpaired) electrons. The minimum absolute atomic E-state index is 0.217. The molecule has 0 aliphatic carbocycles. The maximum atomic E-state index is 11.4. The van der Waals surface area contributed by atoms with Crippen LogP contribution in [0.25, 0.3) is 0 Å². The Bertz CT molecular complexity index is 397. The predicted molar refractivity (Wildman–Crippen MR) is 66.8 cm³/mol. The van der Waals surface area contributed by atoms with Gasteiger partial charge in [-0.25, -0.2) is 9.78 Å². The van der Waals surface area contributed by atoms with Gasteiger partial charge in [0.1, 0.15) is 11.6 Å². The van der Waals surface area contributed by atoms with Gasteiger partial charge in [-0.15, -0.1) is 0 Å². The molecule has 0 atom stereocenters. The van der Waals surface area contributed by atoms with Gasteiger partial charge in [-0.2, -0.15) is 0 Å². The molecule has 1 aromatic heterocycles. The summed E-state index contributed by atoms with van der Waals surface area (Å²) in [6.45, 7) is 7.01. The van der Waals surface area contributed by atoms with Gasteiger partial charge in [-0.3, -0.25) is 0 Å². The van der Waals surface area contributed by atoms with Crippen molar-refractivity contribution in [2.24, 2.45) is 5.92 Å². The number of imidazole rings is 1. The van der Waals surface area contributed by atoms with Gasteiger partial charge in [0, 0.05) is 6.54 Å². The first kappa shape index (κ1) is 13.5. The van der Waals surface area contributed by atoms with E-state index in [1.54, 1.807) is 0 Å². The highest BCUT2D eigenvalue weighted by molar-refractivity contribution is 5.92. The second kappa shape index (κ2) is 5.70. The number of nitrogens with two attached hydrogens (primary N) is 1. The topological polar surface area (TPSA) is 70.1 Å². The Morgan fingerprint density at radius 2 is 2.18 bits per heavy atom. The zero-order valence-electron chi connectivity index (χ0n) is 11.0. The summed E-state index contributed by atoms with van der Waals surface area (Å²) in [5.74, 6) is 1.35. The van der Waals surface area contributed by atoms with Crippen LogP contribution >= 0.6 is 0 Å². The molecule has 2 N–H and O–H groups in total. The molecule has 0 aliphatic rings. The van der Waals surface area contributed by atoms with Crippen molar-refractivity contribution in [2.45, 2.75) is 40.2 Å². The van der Waals surface area contributed by atoms with Gasteiger partial charge in [-0.05, 0) is 25.7 Å². The van der Waals surface area contributed by atoms with Crippen molar-refractivity contribution in [3.63, 3.8) is 0 Å². The van der Waals surface area contributed by atoms with E-state index in [1.165, 1.54) is 7.11 Å². The number of ether oxygens (including phenoxy) is 1. The number of carbonyl (C=O) groups is 1. The van der Waals surface area contributed by atoms with Gasteiger partial charge in [0.25, 0.3) is 0 Å². The monoisotopic (exact) mass is 239 g/mol.